The van der Waals surface area contributed by atoms with Crippen molar-refractivity contribution in [2.45, 2.75) is 32.5 Å². The minimum absolute atomic E-state index is 0.286. The molecule has 1 aromatic carbocycles. The molecule has 1 fully saturated rings. The predicted octanol–water partition coefficient (Wildman–Crippen LogP) is 2.49. The summed E-state index contributed by atoms with van der Waals surface area (Å²) in [6.45, 7) is 7.46. The highest BCUT2D eigenvalue weighted by atomic mass is 19.1. The maximum atomic E-state index is 14.1. The molecule has 0 saturated carbocycles. The molecule has 0 aliphatic carbocycles. The lowest BCUT2D eigenvalue weighted by Gasteiger charge is -2.40. The maximum Gasteiger partial charge on any atom is 0.146 e. The van der Waals surface area contributed by atoms with Gasteiger partial charge in [0.2, 0.25) is 0 Å². The first-order valence-corrected chi connectivity index (χ1v) is 6.26. The minimum Gasteiger partial charge on any atom is -0.389 e. The molecular weight excluding hydrogens is 233 g/mol. The first-order chi connectivity index (χ1) is 8.41. The highest BCUT2D eigenvalue weighted by Crippen LogP contribution is 2.32. The normalized spacial score (nSPS) is 20.8. The monoisotopic (exact) mass is 253 g/mol. The number of anilines is 1. The van der Waals surface area contributed by atoms with Crippen molar-refractivity contribution in [3.63, 3.8) is 0 Å². The van der Waals surface area contributed by atoms with E-state index >= 15 is 0 Å². The highest BCUT2D eigenvalue weighted by molar-refractivity contribution is 5.56. The molecule has 1 aliphatic heterocycles. The Hall–Kier alpha value is -1.13. The van der Waals surface area contributed by atoms with Gasteiger partial charge >= 0.3 is 0 Å². The zero-order valence-corrected chi connectivity index (χ0v) is 11.1. The van der Waals surface area contributed by atoms with Gasteiger partial charge in [-0.05, 0) is 26.8 Å². The van der Waals surface area contributed by atoms with Crippen LogP contribution in [0.25, 0.3) is 0 Å². The summed E-state index contributed by atoms with van der Waals surface area (Å²) in [5, 5.41) is 9.77. The second-order valence-corrected chi connectivity index (χ2v) is 5.38. The molecule has 18 heavy (non-hydrogen) atoms. The number of rotatable bonds is 2. The van der Waals surface area contributed by atoms with Gasteiger partial charge in [0.05, 0.1) is 24.0 Å². The van der Waals surface area contributed by atoms with Gasteiger partial charge in [0, 0.05) is 18.7 Å². The van der Waals surface area contributed by atoms with Crippen LogP contribution in [0.4, 0.5) is 10.1 Å². The van der Waals surface area contributed by atoms with Gasteiger partial charge in [0.15, 0.2) is 0 Å². The third-order valence-corrected chi connectivity index (χ3v) is 3.21. The van der Waals surface area contributed by atoms with E-state index in [2.05, 4.69) is 0 Å². The number of halogens is 1. The minimum atomic E-state index is -0.679. The van der Waals surface area contributed by atoms with Crippen molar-refractivity contribution in [3.8, 4) is 0 Å². The second-order valence-electron chi connectivity index (χ2n) is 5.38. The number of aliphatic hydroxyl groups excluding tert-OH is 1. The Morgan fingerprint density at radius 1 is 1.44 bits per heavy atom. The van der Waals surface area contributed by atoms with E-state index in [1.54, 1.807) is 19.1 Å². The number of morpholine rings is 1. The third kappa shape index (κ3) is 2.65. The molecule has 0 unspecified atom stereocenters. The van der Waals surface area contributed by atoms with Crippen LogP contribution in [0.15, 0.2) is 18.2 Å². The van der Waals surface area contributed by atoms with E-state index in [0.717, 1.165) is 0 Å². The summed E-state index contributed by atoms with van der Waals surface area (Å²) >= 11 is 0. The number of benzene rings is 1. The van der Waals surface area contributed by atoms with E-state index in [4.69, 9.17) is 4.74 Å². The number of hydrogen-bond donors (Lipinski definition) is 1. The lowest BCUT2D eigenvalue weighted by Crippen LogP contribution is -2.49. The second kappa shape index (κ2) is 4.86. The van der Waals surface area contributed by atoms with Crippen molar-refractivity contribution in [3.05, 3.63) is 29.6 Å². The highest BCUT2D eigenvalue weighted by Gasteiger charge is 2.30. The molecule has 0 amide bonds. The van der Waals surface area contributed by atoms with Gasteiger partial charge in [0.25, 0.3) is 0 Å². The van der Waals surface area contributed by atoms with E-state index in [1.165, 1.54) is 6.07 Å². The Bertz CT molecular complexity index is 432. The number of nitrogens with zero attached hydrogens (tertiary/aromatic N) is 1. The molecule has 2 rings (SSSR count). The maximum absolute atomic E-state index is 14.1. The summed E-state index contributed by atoms with van der Waals surface area (Å²) in [6, 6.07) is 4.84. The van der Waals surface area contributed by atoms with Crippen LogP contribution in [-0.2, 0) is 4.74 Å². The molecule has 1 saturated heterocycles. The average Bonchev–Trinajstić information content (AvgIpc) is 2.27. The van der Waals surface area contributed by atoms with Crippen LogP contribution in [0.1, 0.15) is 32.4 Å². The van der Waals surface area contributed by atoms with E-state index < -0.39 is 6.10 Å². The number of para-hydroxylation sites is 1. The Morgan fingerprint density at radius 2 is 2.17 bits per heavy atom. The summed E-state index contributed by atoms with van der Waals surface area (Å²) in [5.41, 5.74) is 0.841. The topological polar surface area (TPSA) is 32.7 Å². The molecule has 0 bridgehead atoms. The molecule has 1 aromatic rings. The molecular formula is C14H20FNO2. The summed E-state index contributed by atoms with van der Waals surface area (Å²) in [6.07, 6.45) is -0.679. The third-order valence-electron chi connectivity index (χ3n) is 3.21. The molecule has 0 aromatic heterocycles. The fourth-order valence-corrected chi connectivity index (χ4v) is 2.41. The lowest BCUT2D eigenvalue weighted by molar-refractivity contribution is -0.0279. The molecule has 3 nitrogen and oxygen atoms in total. The lowest BCUT2D eigenvalue weighted by atomic mass is 10.0. The first-order valence-electron chi connectivity index (χ1n) is 6.26. The summed E-state index contributed by atoms with van der Waals surface area (Å²) in [7, 11) is 0. The van der Waals surface area contributed by atoms with Gasteiger partial charge in [0.1, 0.15) is 5.82 Å². The molecule has 1 aliphatic rings. The Morgan fingerprint density at radius 3 is 2.78 bits per heavy atom. The standard InChI is InChI=1S/C14H20FNO2/c1-10(17)11-5-4-6-12(15)13(11)16-7-8-18-14(2,3)9-16/h4-6,10,17H,7-9H2,1-3H3/t10-/m1/s1. The Balaban J connectivity index is 2.38. The van der Waals surface area contributed by atoms with Crippen molar-refractivity contribution in [2.24, 2.45) is 0 Å². The summed E-state index contributed by atoms with van der Waals surface area (Å²) in [4.78, 5) is 1.96. The molecule has 100 valence electrons. The molecule has 1 atom stereocenters. The van der Waals surface area contributed by atoms with Gasteiger partial charge in [-0.15, -0.1) is 0 Å². The smallest absolute Gasteiger partial charge is 0.146 e. The zero-order valence-electron chi connectivity index (χ0n) is 11.1. The van der Waals surface area contributed by atoms with Crippen molar-refractivity contribution in [1.29, 1.82) is 0 Å². The van der Waals surface area contributed by atoms with Gasteiger partial charge in [-0.1, -0.05) is 12.1 Å². The Labute approximate surface area is 107 Å². The van der Waals surface area contributed by atoms with E-state index in [0.29, 0.717) is 30.9 Å². The fraction of sp³-hybridized carbons (Fsp3) is 0.571. The van der Waals surface area contributed by atoms with Crippen LogP contribution >= 0.6 is 0 Å². The van der Waals surface area contributed by atoms with Gasteiger partial charge < -0.3 is 14.7 Å². The molecule has 1 N–H and O–H groups in total. The van der Waals surface area contributed by atoms with Crippen molar-refractivity contribution < 1.29 is 14.2 Å². The van der Waals surface area contributed by atoms with E-state index in [9.17, 15) is 9.50 Å². The van der Waals surface area contributed by atoms with Crippen molar-refractivity contribution in [1.82, 2.24) is 0 Å². The number of aliphatic hydroxyl groups is 1. The van der Waals surface area contributed by atoms with Crippen LogP contribution in [0, 0.1) is 5.82 Å². The largest absolute Gasteiger partial charge is 0.389 e. The molecule has 0 spiro atoms. The average molecular weight is 253 g/mol. The predicted molar refractivity (Wildman–Crippen MR) is 69.3 cm³/mol. The first kappa shape index (κ1) is 13.3. The van der Waals surface area contributed by atoms with Crippen molar-refractivity contribution in [2.75, 3.05) is 24.6 Å². The van der Waals surface area contributed by atoms with Crippen LogP contribution in [-0.4, -0.2) is 30.4 Å². The Kier molecular flexibility index (Phi) is 3.59. The molecule has 4 heteroatoms. The SMILES string of the molecule is C[C@@H](O)c1cccc(F)c1N1CCOC(C)(C)C1. The summed E-state index contributed by atoms with van der Waals surface area (Å²) < 4.78 is 19.7. The van der Waals surface area contributed by atoms with Gasteiger partial charge in [-0.25, -0.2) is 4.39 Å². The van der Waals surface area contributed by atoms with E-state index in [1.807, 2.05) is 18.7 Å². The summed E-state index contributed by atoms with van der Waals surface area (Å²) in [5.74, 6) is -0.286. The van der Waals surface area contributed by atoms with Gasteiger partial charge in [-0.3, -0.25) is 0 Å². The van der Waals surface area contributed by atoms with Crippen LogP contribution in [0.2, 0.25) is 0 Å². The van der Waals surface area contributed by atoms with E-state index in [-0.39, 0.29) is 11.4 Å². The quantitative estimate of drug-likeness (QED) is 0.879. The molecule has 0 radical (unpaired) electrons. The number of ether oxygens (including phenoxy) is 1. The van der Waals surface area contributed by atoms with Crippen molar-refractivity contribution >= 4 is 5.69 Å². The van der Waals surface area contributed by atoms with Crippen LogP contribution < -0.4 is 4.90 Å². The number of hydrogen-bond acceptors (Lipinski definition) is 3. The zero-order chi connectivity index (χ0) is 13.3. The van der Waals surface area contributed by atoms with Crippen LogP contribution in [0.5, 0.6) is 0 Å². The fourth-order valence-electron chi connectivity index (χ4n) is 2.41. The van der Waals surface area contributed by atoms with Crippen LogP contribution in [0.3, 0.4) is 0 Å². The van der Waals surface area contributed by atoms with Gasteiger partial charge in [-0.2, -0.15) is 0 Å². The molecule has 1 heterocycles.